The summed E-state index contributed by atoms with van der Waals surface area (Å²) in [6.45, 7) is 0. The van der Waals surface area contributed by atoms with Gasteiger partial charge >= 0.3 is 16.5 Å². The summed E-state index contributed by atoms with van der Waals surface area (Å²) in [5, 5.41) is 0. The van der Waals surface area contributed by atoms with Crippen molar-refractivity contribution in [3.8, 4) is 5.75 Å². The van der Waals surface area contributed by atoms with Gasteiger partial charge in [-0.3, -0.25) is 8.75 Å². The van der Waals surface area contributed by atoms with Crippen molar-refractivity contribution < 1.29 is 40.0 Å². The molecular formula is C8H8F3O6PS. The highest BCUT2D eigenvalue weighted by atomic mass is 32.2. The molecule has 0 saturated carbocycles. The first kappa shape index (κ1) is 16.0. The van der Waals surface area contributed by atoms with Crippen LogP contribution < -0.4 is 4.74 Å². The van der Waals surface area contributed by atoms with E-state index in [-0.39, 0.29) is 0 Å². The van der Waals surface area contributed by atoms with Crippen LogP contribution in [0.5, 0.6) is 5.75 Å². The van der Waals surface area contributed by atoms with E-state index in [9.17, 15) is 26.2 Å². The highest BCUT2D eigenvalue weighted by Crippen LogP contribution is 2.31. The monoisotopic (exact) mass is 320 g/mol. The Labute approximate surface area is 106 Å². The third-order valence-electron chi connectivity index (χ3n) is 1.68. The van der Waals surface area contributed by atoms with Crippen LogP contribution >= 0.6 is 8.03 Å². The molecule has 0 bridgehead atoms. The van der Waals surface area contributed by atoms with E-state index in [0.29, 0.717) is 0 Å². The standard InChI is InChI=1S/C8H8F3O6PS/c9-8(10,11)17-6-3-1-2-4-7(6)19(14,15)16-5-18(12)13/h1-4,18H,5H2,(H,12,13). The average Bonchev–Trinajstić information content (AvgIpc) is 2.25. The molecule has 1 atom stereocenters. The Morgan fingerprint density at radius 2 is 1.84 bits per heavy atom. The zero-order valence-electron chi connectivity index (χ0n) is 9.05. The van der Waals surface area contributed by atoms with Gasteiger partial charge in [-0.05, 0) is 12.1 Å². The molecule has 19 heavy (non-hydrogen) atoms. The number of rotatable bonds is 5. The first-order chi connectivity index (χ1) is 8.62. The Hall–Kier alpha value is -1.09. The first-order valence-electron chi connectivity index (χ1n) is 4.58. The fraction of sp³-hybridized carbons (Fsp3) is 0.250. The molecule has 1 aromatic carbocycles. The molecule has 0 heterocycles. The summed E-state index contributed by atoms with van der Waals surface area (Å²) in [7, 11) is -7.85. The van der Waals surface area contributed by atoms with Gasteiger partial charge in [-0.1, -0.05) is 12.1 Å². The lowest BCUT2D eigenvalue weighted by atomic mass is 10.3. The Balaban J connectivity index is 3.09. The number of ether oxygens (including phenoxy) is 1. The smallest absolute Gasteiger partial charge is 0.404 e. The molecule has 0 amide bonds. The van der Waals surface area contributed by atoms with Crippen LogP contribution in [-0.4, -0.2) is 26.0 Å². The second-order valence-electron chi connectivity index (χ2n) is 3.10. The zero-order chi connectivity index (χ0) is 14.7. The van der Waals surface area contributed by atoms with Crippen molar-refractivity contribution in [2.45, 2.75) is 11.3 Å². The second-order valence-corrected chi connectivity index (χ2v) is 5.76. The predicted octanol–water partition coefficient (Wildman–Crippen LogP) is 1.71. The van der Waals surface area contributed by atoms with Crippen molar-refractivity contribution in [2.75, 3.05) is 6.35 Å². The van der Waals surface area contributed by atoms with Crippen LogP contribution in [0.2, 0.25) is 0 Å². The summed E-state index contributed by atoms with van der Waals surface area (Å²) in [4.78, 5) is 7.58. The van der Waals surface area contributed by atoms with Crippen LogP contribution in [-0.2, 0) is 18.9 Å². The first-order valence-corrected chi connectivity index (χ1v) is 7.55. The van der Waals surface area contributed by atoms with E-state index < -0.39 is 41.5 Å². The largest absolute Gasteiger partial charge is 0.573 e. The van der Waals surface area contributed by atoms with Gasteiger partial charge in [0.25, 0.3) is 0 Å². The summed E-state index contributed by atoms with van der Waals surface area (Å²) >= 11 is 0. The van der Waals surface area contributed by atoms with Gasteiger partial charge in [0.05, 0.1) is 0 Å². The molecule has 0 aromatic heterocycles. The Morgan fingerprint density at radius 1 is 1.26 bits per heavy atom. The van der Waals surface area contributed by atoms with Crippen LogP contribution in [0.4, 0.5) is 13.2 Å². The summed E-state index contributed by atoms with van der Waals surface area (Å²) < 4.78 is 77.4. The van der Waals surface area contributed by atoms with Crippen LogP contribution in [0.25, 0.3) is 0 Å². The number of hydrogen-bond donors (Lipinski definition) is 1. The zero-order valence-corrected chi connectivity index (χ0v) is 10.9. The van der Waals surface area contributed by atoms with Crippen molar-refractivity contribution in [3.05, 3.63) is 24.3 Å². The molecule has 0 spiro atoms. The summed E-state index contributed by atoms with van der Waals surface area (Å²) in [6, 6.07) is 3.90. The number of benzene rings is 1. The SMILES string of the molecule is O=[PH](O)COS(=O)(=O)c1ccccc1OC(F)(F)F. The molecule has 1 aromatic rings. The van der Waals surface area contributed by atoms with Gasteiger partial charge in [-0.2, -0.15) is 8.42 Å². The number of hydrogen-bond acceptors (Lipinski definition) is 5. The van der Waals surface area contributed by atoms with Gasteiger partial charge in [0.2, 0.25) is 8.03 Å². The maximum atomic E-state index is 12.1. The van der Waals surface area contributed by atoms with Crippen molar-refractivity contribution in [1.82, 2.24) is 0 Å². The molecule has 11 heteroatoms. The van der Waals surface area contributed by atoms with Gasteiger partial charge in [-0.25, -0.2) is 0 Å². The second kappa shape index (κ2) is 5.91. The van der Waals surface area contributed by atoms with E-state index in [4.69, 9.17) is 4.89 Å². The molecule has 0 aliphatic heterocycles. The molecule has 108 valence electrons. The molecule has 0 fully saturated rings. The van der Waals surface area contributed by atoms with E-state index in [1.165, 1.54) is 0 Å². The van der Waals surface area contributed by atoms with Crippen molar-refractivity contribution in [1.29, 1.82) is 0 Å². The van der Waals surface area contributed by atoms with Crippen molar-refractivity contribution in [3.63, 3.8) is 0 Å². The topological polar surface area (TPSA) is 89.9 Å². The van der Waals surface area contributed by atoms with E-state index in [1.54, 1.807) is 0 Å². The third kappa shape index (κ3) is 5.19. The van der Waals surface area contributed by atoms with E-state index in [1.807, 2.05) is 0 Å². The van der Waals surface area contributed by atoms with Gasteiger partial charge in [0.15, 0.2) is 5.75 Å². The van der Waals surface area contributed by atoms with Gasteiger partial charge < -0.3 is 9.63 Å². The average molecular weight is 320 g/mol. The van der Waals surface area contributed by atoms with Crippen molar-refractivity contribution >= 4 is 18.1 Å². The minimum Gasteiger partial charge on any atom is -0.404 e. The lowest BCUT2D eigenvalue weighted by Crippen LogP contribution is -2.19. The van der Waals surface area contributed by atoms with E-state index in [0.717, 1.165) is 24.3 Å². The highest BCUT2D eigenvalue weighted by molar-refractivity contribution is 7.87. The van der Waals surface area contributed by atoms with Gasteiger partial charge in [0, 0.05) is 0 Å². The fourth-order valence-corrected chi connectivity index (χ4v) is 2.81. The normalized spacial score (nSPS) is 14.1. The van der Waals surface area contributed by atoms with Crippen LogP contribution in [0.15, 0.2) is 29.2 Å². The fourth-order valence-electron chi connectivity index (χ4n) is 1.06. The van der Waals surface area contributed by atoms with Gasteiger partial charge in [-0.15, -0.1) is 13.2 Å². The summed E-state index contributed by atoms with van der Waals surface area (Å²) in [5.41, 5.74) is 0. The van der Waals surface area contributed by atoms with Crippen molar-refractivity contribution in [2.24, 2.45) is 0 Å². The molecule has 0 aliphatic rings. The molecule has 0 aliphatic carbocycles. The lowest BCUT2D eigenvalue weighted by molar-refractivity contribution is -0.275. The molecule has 1 rings (SSSR count). The summed E-state index contributed by atoms with van der Waals surface area (Å²) in [5.74, 6) is -0.979. The van der Waals surface area contributed by atoms with Crippen LogP contribution in [0, 0.1) is 0 Å². The van der Waals surface area contributed by atoms with Gasteiger partial charge in [0.1, 0.15) is 11.2 Å². The maximum absolute atomic E-state index is 12.1. The summed E-state index contributed by atoms with van der Waals surface area (Å²) in [6.07, 6.45) is -6.09. The Morgan fingerprint density at radius 3 is 2.37 bits per heavy atom. The molecule has 1 N–H and O–H groups in total. The number of para-hydroxylation sites is 1. The third-order valence-corrected chi connectivity index (χ3v) is 3.59. The molecule has 0 radical (unpaired) electrons. The minimum atomic E-state index is -5.07. The molecule has 0 saturated heterocycles. The molecule has 1 unspecified atom stereocenters. The van der Waals surface area contributed by atoms with Crippen LogP contribution in [0.3, 0.4) is 0 Å². The highest BCUT2D eigenvalue weighted by Gasteiger charge is 2.34. The number of halogens is 3. The van der Waals surface area contributed by atoms with E-state index in [2.05, 4.69) is 8.92 Å². The van der Waals surface area contributed by atoms with E-state index >= 15 is 0 Å². The molecule has 6 nitrogen and oxygen atoms in total. The Kier molecular flexibility index (Phi) is 4.97. The minimum absolute atomic E-state index is 0.783. The predicted molar refractivity (Wildman–Crippen MR) is 57.5 cm³/mol. The molecular weight excluding hydrogens is 312 g/mol. The lowest BCUT2D eigenvalue weighted by Gasteiger charge is -2.12. The Bertz CT molecular complexity index is 570. The number of alkyl halides is 3. The maximum Gasteiger partial charge on any atom is 0.573 e. The quantitative estimate of drug-likeness (QED) is 0.656. The van der Waals surface area contributed by atoms with Crippen LogP contribution in [0.1, 0.15) is 0 Å².